The molecule has 4 heterocycles. The van der Waals surface area contributed by atoms with Crippen LogP contribution in [0.4, 0.5) is 11.9 Å². The lowest BCUT2D eigenvalue weighted by molar-refractivity contribution is 0.122. The van der Waals surface area contributed by atoms with Gasteiger partial charge in [0.15, 0.2) is 0 Å². The molecule has 2 N–H and O–H groups in total. The van der Waals surface area contributed by atoms with Gasteiger partial charge in [-0.2, -0.15) is 0 Å². The number of hydrogen-bond acceptors (Lipinski definition) is 9. The molecule has 0 unspecified atom stereocenters. The fraction of sp³-hybridized carbons (Fsp3) is 0.577. The molecule has 0 aromatic carbocycles. The van der Waals surface area contributed by atoms with Crippen molar-refractivity contribution in [3.05, 3.63) is 36.4 Å². The third kappa shape index (κ3) is 5.45. The molecule has 1 atom stereocenters. The highest BCUT2D eigenvalue weighted by molar-refractivity contribution is 5.86. The maximum Gasteiger partial charge on any atom is 0.225 e. The molecule has 3 aromatic rings. The van der Waals surface area contributed by atoms with Gasteiger partial charge in [0, 0.05) is 62.3 Å². The van der Waals surface area contributed by atoms with Crippen molar-refractivity contribution in [1.29, 1.82) is 0 Å². The number of aromatic nitrogens is 5. The average Bonchev–Trinajstić information content (AvgIpc) is 2.90. The summed E-state index contributed by atoms with van der Waals surface area (Å²) in [6.07, 6.45) is 13.5. The van der Waals surface area contributed by atoms with Crippen molar-refractivity contribution >= 4 is 22.8 Å². The van der Waals surface area contributed by atoms with Gasteiger partial charge in [0.2, 0.25) is 17.8 Å². The maximum absolute atomic E-state index is 9.99. The molecule has 35 heavy (non-hydrogen) atoms. The van der Waals surface area contributed by atoms with Crippen molar-refractivity contribution in [2.75, 3.05) is 23.3 Å². The first-order valence-corrected chi connectivity index (χ1v) is 12.9. The molecule has 2 fully saturated rings. The van der Waals surface area contributed by atoms with E-state index < -0.39 is 0 Å². The third-order valence-corrected chi connectivity index (χ3v) is 7.29. The Balaban J connectivity index is 1.38. The number of aliphatic hydroxyl groups excluding tert-OH is 1. The predicted molar refractivity (Wildman–Crippen MR) is 136 cm³/mol. The molecule has 1 saturated heterocycles. The third-order valence-electron chi connectivity index (χ3n) is 7.29. The summed E-state index contributed by atoms with van der Waals surface area (Å²) in [5.74, 6) is 2.34. The highest BCUT2D eigenvalue weighted by Gasteiger charge is 2.27. The fourth-order valence-electron chi connectivity index (χ4n) is 4.97. The Labute approximate surface area is 206 Å². The highest BCUT2D eigenvalue weighted by Crippen LogP contribution is 2.38. The van der Waals surface area contributed by atoms with Crippen molar-refractivity contribution in [3.63, 3.8) is 0 Å². The molecular formula is C26H35N7O2. The van der Waals surface area contributed by atoms with Crippen molar-refractivity contribution in [3.8, 4) is 5.88 Å². The Hall–Kier alpha value is -3.07. The first kappa shape index (κ1) is 23.7. The second-order valence-corrected chi connectivity index (χ2v) is 9.79. The standard InChI is InChI=1S/C26H35N7O2/c1-3-17(2)31-25-30-16-22-23(32-25)21(18-5-7-19(34)8-6-18)15-29-24(22)35-20-9-13-33(14-10-20)26-27-11-4-12-28-26/h4,11-12,15-20,34H,3,5-10,13-14H2,1-2H3,(H,30,31,32)/t17-,18-,19-/m0/s1. The van der Waals surface area contributed by atoms with E-state index >= 15 is 0 Å². The molecule has 1 aliphatic carbocycles. The number of nitrogens with zero attached hydrogens (tertiary/aromatic N) is 6. The van der Waals surface area contributed by atoms with Crippen LogP contribution in [-0.2, 0) is 0 Å². The lowest BCUT2D eigenvalue weighted by atomic mass is 9.83. The van der Waals surface area contributed by atoms with E-state index in [1.807, 2.05) is 18.5 Å². The van der Waals surface area contributed by atoms with E-state index in [0.717, 1.165) is 80.4 Å². The molecular weight excluding hydrogens is 442 g/mol. The number of piperidine rings is 1. The summed E-state index contributed by atoms with van der Waals surface area (Å²) in [6, 6.07) is 2.12. The highest BCUT2D eigenvalue weighted by atomic mass is 16.5. The molecule has 5 rings (SSSR count). The number of aliphatic hydroxyl groups is 1. The first-order valence-electron chi connectivity index (χ1n) is 12.9. The monoisotopic (exact) mass is 477 g/mol. The average molecular weight is 478 g/mol. The molecule has 1 saturated carbocycles. The van der Waals surface area contributed by atoms with Gasteiger partial charge in [-0.15, -0.1) is 0 Å². The molecule has 186 valence electrons. The zero-order valence-corrected chi connectivity index (χ0v) is 20.6. The van der Waals surface area contributed by atoms with Crippen LogP contribution in [-0.4, -0.2) is 61.4 Å². The smallest absolute Gasteiger partial charge is 0.225 e. The van der Waals surface area contributed by atoms with Crippen LogP contribution in [0.1, 0.15) is 70.3 Å². The van der Waals surface area contributed by atoms with Crippen LogP contribution in [0.15, 0.2) is 30.9 Å². The van der Waals surface area contributed by atoms with E-state index in [4.69, 9.17) is 14.7 Å². The Morgan fingerprint density at radius 1 is 1.03 bits per heavy atom. The lowest BCUT2D eigenvalue weighted by Gasteiger charge is -2.32. The summed E-state index contributed by atoms with van der Waals surface area (Å²) in [4.78, 5) is 25.2. The molecule has 9 nitrogen and oxygen atoms in total. The van der Waals surface area contributed by atoms with E-state index in [0.29, 0.717) is 17.7 Å². The Kier molecular flexibility index (Phi) is 7.22. The van der Waals surface area contributed by atoms with Crippen LogP contribution in [0.2, 0.25) is 0 Å². The number of nitrogens with one attached hydrogen (secondary N) is 1. The Bertz CT molecular complexity index is 1110. The second-order valence-electron chi connectivity index (χ2n) is 9.79. The minimum Gasteiger partial charge on any atom is -0.474 e. The van der Waals surface area contributed by atoms with Gasteiger partial charge in [-0.05, 0) is 51.0 Å². The van der Waals surface area contributed by atoms with Crippen molar-refractivity contribution < 1.29 is 9.84 Å². The van der Waals surface area contributed by atoms with Crippen LogP contribution in [0.5, 0.6) is 5.88 Å². The van der Waals surface area contributed by atoms with E-state index in [1.165, 1.54) is 0 Å². The predicted octanol–water partition coefficient (Wildman–Crippen LogP) is 4.09. The van der Waals surface area contributed by atoms with Gasteiger partial charge in [-0.1, -0.05) is 6.92 Å². The van der Waals surface area contributed by atoms with E-state index in [2.05, 4.69) is 39.0 Å². The quantitative estimate of drug-likeness (QED) is 0.520. The summed E-state index contributed by atoms with van der Waals surface area (Å²) in [5.41, 5.74) is 2.04. The normalized spacial score (nSPS) is 22.2. The molecule has 0 spiro atoms. The van der Waals surface area contributed by atoms with Gasteiger partial charge < -0.3 is 20.1 Å². The van der Waals surface area contributed by atoms with E-state index in [1.54, 1.807) is 12.4 Å². The summed E-state index contributed by atoms with van der Waals surface area (Å²) < 4.78 is 6.44. The largest absolute Gasteiger partial charge is 0.474 e. The van der Waals surface area contributed by atoms with Crippen molar-refractivity contribution in [1.82, 2.24) is 24.9 Å². The molecule has 0 amide bonds. The zero-order chi connectivity index (χ0) is 24.2. The number of anilines is 2. The molecule has 9 heteroatoms. The first-order chi connectivity index (χ1) is 17.1. The summed E-state index contributed by atoms with van der Waals surface area (Å²) >= 11 is 0. The fourth-order valence-corrected chi connectivity index (χ4v) is 4.97. The summed E-state index contributed by atoms with van der Waals surface area (Å²) in [6.45, 7) is 5.95. The van der Waals surface area contributed by atoms with Gasteiger partial charge in [0.1, 0.15) is 6.10 Å². The van der Waals surface area contributed by atoms with Crippen molar-refractivity contribution in [2.45, 2.75) is 83.0 Å². The van der Waals surface area contributed by atoms with E-state index in [9.17, 15) is 5.11 Å². The van der Waals surface area contributed by atoms with Crippen molar-refractivity contribution in [2.24, 2.45) is 0 Å². The SMILES string of the molecule is CC[C@H](C)Nc1ncc2c(OC3CCN(c4ncccn4)CC3)ncc([C@H]3CC[C@H](O)CC3)c2n1. The maximum atomic E-state index is 9.99. The lowest BCUT2D eigenvalue weighted by Crippen LogP contribution is -2.39. The number of pyridine rings is 1. The van der Waals surface area contributed by atoms with Crippen LogP contribution in [0.25, 0.3) is 10.9 Å². The number of hydrogen-bond donors (Lipinski definition) is 2. The minimum absolute atomic E-state index is 0.0688. The second kappa shape index (κ2) is 10.7. The van der Waals surface area contributed by atoms with Gasteiger partial charge in [-0.3, -0.25) is 0 Å². The molecule has 1 aliphatic heterocycles. The van der Waals surface area contributed by atoms with Crippen LogP contribution >= 0.6 is 0 Å². The summed E-state index contributed by atoms with van der Waals surface area (Å²) in [5, 5.41) is 14.3. The zero-order valence-electron chi connectivity index (χ0n) is 20.6. The van der Waals surface area contributed by atoms with Crippen LogP contribution in [0.3, 0.4) is 0 Å². The molecule has 3 aromatic heterocycles. The van der Waals surface area contributed by atoms with Gasteiger partial charge in [0.25, 0.3) is 0 Å². The number of ether oxygens (including phenoxy) is 1. The Morgan fingerprint density at radius 3 is 2.49 bits per heavy atom. The van der Waals surface area contributed by atoms with Gasteiger partial charge >= 0.3 is 0 Å². The number of fused-ring (bicyclic) bond motifs is 1. The topological polar surface area (TPSA) is 109 Å². The molecule has 0 bridgehead atoms. The van der Waals surface area contributed by atoms with Crippen LogP contribution < -0.4 is 15.0 Å². The minimum atomic E-state index is -0.197. The van der Waals surface area contributed by atoms with Gasteiger partial charge in [0.05, 0.1) is 17.0 Å². The van der Waals surface area contributed by atoms with Crippen LogP contribution in [0, 0.1) is 0 Å². The van der Waals surface area contributed by atoms with E-state index in [-0.39, 0.29) is 18.2 Å². The molecule has 0 radical (unpaired) electrons. The van der Waals surface area contributed by atoms with Gasteiger partial charge in [-0.25, -0.2) is 24.9 Å². The summed E-state index contributed by atoms with van der Waals surface area (Å²) in [7, 11) is 0. The number of rotatable bonds is 7. The molecule has 2 aliphatic rings. The Morgan fingerprint density at radius 2 is 1.77 bits per heavy atom.